The van der Waals surface area contributed by atoms with Crippen LogP contribution in [0.15, 0.2) is 79.1 Å². The molecular formula is C23H21N5O3. The number of benzene rings is 2. The van der Waals surface area contributed by atoms with Crippen LogP contribution >= 0.6 is 0 Å². The number of pyridine rings is 1. The summed E-state index contributed by atoms with van der Waals surface area (Å²) in [7, 11) is 1.59. The number of nitrogens with one attached hydrogen (secondary N) is 3. The van der Waals surface area contributed by atoms with Crippen molar-refractivity contribution in [2.45, 2.75) is 6.54 Å². The summed E-state index contributed by atoms with van der Waals surface area (Å²) in [5.74, 6) is 1.50. The maximum atomic E-state index is 12.1. The minimum Gasteiger partial charge on any atom is -0.457 e. The van der Waals surface area contributed by atoms with Crippen molar-refractivity contribution in [3.8, 4) is 11.5 Å². The average Bonchev–Trinajstić information content (AvgIpc) is 3.21. The second-order valence-corrected chi connectivity index (χ2v) is 6.73. The number of fused-ring (bicyclic) bond motifs is 1. The van der Waals surface area contributed by atoms with Gasteiger partial charge in [0.15, 0.2) is 0 Å². The molecule has 0 unspecified atom stereocenters. The molecule has 8 heteroatoms. The smallest absolute Gasteiger partial charge is 0.325 e. The van der Waals surface area contributed by atoms with Crippen molar-refractivity contribution in [2.75, 3.05) is 12.4 Å². The number of aromatic nitrogens is 2. The van der Waals surface area contributed by atoms with Gasteiger partial charge in [-0.1, -0.05) is 30.3 Å². The molecule has 4 rings (SSSR count). The normalized spacial score (nSPS) is 10.5. The number of urea groups is 1. The number of rotatable bonds is 5. The molecule has 156 valence electrons. The van der Waals surface area contributed by atoms with E-state index in [1.165, 1.54) is 4.57 Å². The Morgan fingerprint density at radius 1 is 1.00 bits per heavy atom. The molecule has 0 bridgehead atoms. The molecule has 2 heterocycles. The highest BCUT2D eigenvalue weighted by Gasteiger charge is 2.09. The number of hydrogen-bond donors (Lipinski definition) is 3. The van der Waals surface area contributed by atoms with Crippen LogP contribution in [-0.2, 0) is 6.54 Å². The monoisotopic (exact) mass is 415 g/mol. The van der Waals surface area contributed by atoms with Crippen LogP contribution in [0, 0.1) is 0 Å². The van der Waals surface area contributed by atoms with Crippen LogP contribution in [0.3, 0.4) is 0 Å². The fourth-order valence-electron chi connectivity index (χ4n) is 3.10. The summed E-state index contributed by atoms with van der Waals surface area (Å²) < 4.78 is 7.44. The van der Waals surface area contributed by atoms with Crippen LogP contribution in [0.5, 0.6) is 11.5 Å². The predicted molar refractivity (Wildman–Crippen MR) is 118 cm³/mol. The van der Waals surface area contributed by atoms with E-state index < -0.39 is 0 Å². The molecule has 3 amide bonds. The van der Waals surface area contributed by atoms with Crippen molar-refractivity contribution in [3.63, 3.8) is 0 Å². The molecule has 2 aromatic carbocycles. The SMILES string of the molecule is CNC(=O)n1ccc2cc(Oc3ccnc(NC(=O)NCc4ccccc4)c3)ccc21. The van der Waals surface area contributed by atoms with E-state index in [0.29, 0.717) is 23.9 Å². The standard InChI is InChI=1S/C23H21N5O3/c1-24-23(30)28-12-10-17-13-18(7-8-20(17)28)31-19-9-11-25-21(14-19)27-22(29)26-15-16-5-3-2-4-6-16/h2-14H,15H2,1H3,(H,24,30)(H2,25,26,27,29). The van der Waals surface area contributed by atoms with Crippen molar-refractivity contribution in [3.05, 3.63) is 84.7 Å². The zero-order valence-electron chi connectivity index (χ0n) is 16.8. The molecular weight excluding hydrogens is 394 g/mol. The quantitative estimate of drug-likeness (QED) is 0.452. The van der Waals surface area contributed by atoms with Crippen molar-refractivity contribution in [1.29, 1.82) is 0 Å². The van der Waals surface area contributed by atoms with E-state index in [2.05, 4.69) is 20.9 Å². The Bertz CT molecular complexity index is 1220. The van der Waals surface area contributed by atoms with E-state index in [0.717, 1.165) is 16.5 Å². The van der Waals surface area contributed by atoms with Gasteiger partial charge >= 0.3 is 12.1 Å². The number of carbonyl (C=O) groups excluding carboxylic acids is 2. The van der Waals surface area contributed by atoms with Gasteiger partial charge in [-0.25, -0.2) is 14.6 Å². The molecule has 0 aliphatic rings. The number of ether oxygens (including phenoxy) is 1. The van der Waals surface area contributed by atoms with Crippen molar-refractivity contribution >= 4 is 28.8 Å². The molecule has 4 aromatic rings. The lowest BCUT2D eigenvalue weighted by Gasteiger charge is -2.10. The Morgan fingerprint density at radius 3 is 2.61 bits per heavy atom. The van der Waals surface area contributed by atoms with Gasteiger partial charge in [-0.3, -0.25) is 9.88 Å². The second-order valence-electron chi connectivity index (χ2n) is 6.73. The van der Waals surface area contributed by atoms with Gasteiger partial charge in [0, 0.05) is 37.4 Å². The maximum absolute atomic E-state index is 12.1. The average molecular weight is 415 g/mol. The van der Waals surface area contributed by atoms with E-state index in [9.17, 15) is 9.59 Å². The Morgan fingerprint density at radius 2 is 1.81 bits per heavy atom. The highest BCUT2D eigenvalue weighted by Crippen LogP contribution is 2.27. The van der Waals surface area contributed by atoms with E-state index >= 15 is 0 Å². The van der Waals surface area contributed by atoms with Gasteiger partial charge in [-0.15, -0.1) is 0 Å². The van der Waals surface area contributed by atoms with Gasteiger partial charge in [0.05, 0.1) is 5.52 Å². The van der Waals surface area contributed by atoms with Crippen molar-refractivity contribution in [1.82, 2.24) is 20.2 Å². The van der Waals surface area contributed by atoms with Crippen LogP contribution in [0.2, 0.25) is 0 Å². The summed E-state index contributed by atoms with van der Waals surface area (Å²) in [5, 5.41) is 8.96. The molecule has 0 radical (unpaired) electrons. The van der Waals surface area contributed by atoms with Gasteiger partial charge in [-0.2, -0.15) is 0 Å². The topological polar surface area (TPSA) is 97.3 Å². The van der Waals surface area contributed by atoms with Gasteiger partial charge < -0.3 is 15.4 Å². The lowest BCUT2D eigenvalue weighted by atomic mass is 10.2. The summed E-state index contributed by atoms with van der Waals surface area (Å²) in [6.07, 6.45) is 3.26. The second kappa shape index (κ2) is 9.00. The Labute approximate surface area is 178 Å². The molecule has 3 N–H and O–H groups in total. The molecule has 0 spiro atoms. The first-order chi connectivity index (χ1) is 15.1. The van der Waals surface area contributed by atoms with Gasteiger partial charge in [0.1, 0.15) is 17.3 Å². The maximum Gasteiger partial charge on any atom is 0.325 e. The first-order valence-electron chi connectivity index (χ1n) is 9.68. The Hall–Kier alpha value is -4.33. The lowest BCUT2D eigenvalue weighted by molar-refractivity contribution is 0.245. The number of hydrogen-bond acceptors (Lipinski definition) is 4. The molecule has 0 aliphatic heterocycles. The van der Waals surface area contributed by atoms with Crippen LogP contribution in [0.25, 0.3) is 10.9 Å². The number of anilines is 1. The largest absolute Gasteiger partial charge is 0.457 e. The number of nitrogens with zero attached hydrogens (tertiary/aromatic N) is 2. The first-order valence-corrected chi connectivity index (χ1v) is 9.68. The first kappa shape index (κ1) is 20.0. The molecule has 0 saturated carbocycles. The van der Waals surface area contributed by atoms with Crippen molar-refractivity contribution in [2.24, 2.45) is 0 Å². The molecule has 0 atom stereocenters. The summed E-state index contributed by atoms with van der Waals surface area (Å²) in [5.41, 5.74) is 1.78. The van der Waals surface area contributed by atoms with Crippen molar-refractivity contribution < 1.29 is 14.3 Å². The summed E-state index contributed by atoms with van der Waals surface area (Å²) in [6.45, 7) is 0.415. The van der Waals surface area contributed by atoms with Crippen LogP contribution in [-0.4, -0.2) is 28.7 Å². The summed E-state index contributed by atoms with van der Waals surface area (Å²) in [4.78, 5) is 28.2. The highest BCUT2D eigenvalue weighted by atomic mass is 16.5. The number of amides is 3. The Kier molecular flexibility index (Phi) is 5.79. The fraction of sp³-hybridized carbons (Fsp3) is 0.0870. The zero-order chi connectivity index (χ0) is 21.6. The van der Waals surface area contributed by atoms with Crippen LogP contribution in [0.4, 0.5) is 15.4 Å². The van der Waals surface area contributed by atoms with E-state index in [1.807, 2.05) is 48.5 Å². The molecule has 0 fully saturated rings. The van der Waals surface area contributed by atoms with E-state index in [-0.39, 0.29) is 12.1 Å². The summed E-state index contributed by atoms with van der Waals surface area (Å²) >= 11 is 0. The minimum atomic E-state index is -0.356. The molecule has 2 aromatic heterocycles. The molecule has 0 aliphatic carbocycles. The highest BCUT2D eigenvalue weighted by molar-refractivity contribution is 5.92. The third kappa shape index (κ3) is 4.81. The third-order valence-electron chi connectivity index (χ3n) is 4.60. The van der Waals surface area contributed by atoms with Gasteiger partial charge in [-0.05, 0) is 35.9 Å². The van der Waals surface area contributed by atoms with Crippen LogP contribution < -0.4 is 20.7 Å². The molecule has 8 nitrogen and oxygen atoms in total. The summed E-state index contributed by atoms with van der Waals surface area (Å²) in [6, 6.07) is 19.7. The van der Waals surface area contributed by atoms with Gasteiger partial charge in [0.2, 0.25) is 0 Å². The molecule has 31 heavy (non-hydrogen) atoms. The van der Waals surface area contributed by atoms with Gasteiger partial charge in [0.25, 0.3) is 0 Å². The fourth-order valence-corrected chi connectivity index (χ4v) is 3.10. The number of carbonyl (C=O) groups is 2. The molecule has 0 saturated heterocycles. The third-order valence-corrected chi connectivity index (χ3v) is 4.60. The zero-order valence-corrected chi connectivity index (χ0v) is 16.8. The van der Waals surface area contributed by atoms with E-state index in [1.54, 1.807) is 37.6 Å². The predicted octanol–water partition coefficient (Wildman–Crippen LogP) is 4.34. The Balaban J connectivity index is 1.41. The van der Waals surface area contributed by atoms with Crippen LogP contribution in [0.1, 0.15) is 5.56 Å². The lowest BCUT2D eigenvalue weighted by Crippen LogP contribution is -2.28. The minimum absolute atomic E-state index is 0.209. The van der Waals surface area contributed by atoms with E-state index in [4.69, 9.17) is 4.74 Å².